The smallest absolute Gasteiger partial charge is 0.256 e. The number of ether oxygens (including phenoxy) is 1. The summed E-state index contributed by atoms with van der Waals surface area (Å²) in [4.78, 5) is 33.8. The fourth-order valence-electron chi connectivity index (χ4n) is 3.76. The van der Waals surface area contributed by atoms with Crippen LogP contribution in [0, 0.1) is 0 Å². The van der Waals surface area contributed by atoms with Crippen LogP contribution < -0.4 is 21.9 Å². The fourth-order valence-corrected chi connectivity index (χ4v) is 3.76. The lowest BCUT2D eigenvalue weighted by Crippen LogP contribution is -2.49. The maximum absolute atomic E-state index is 12.8. The van der Waals surface area contributed by atoms with Crippen molar-refractivity contribution in [1.82, 2.24) is 19.5 Å². The van der Waals surface area contributed by atoms with Crippen molar-refractivity contribution in [2.75, 3.05) is 37.0 Å². The first-order valence-corrected chi connectivity index (χ1v) is 10.1. The molecule has 1 saturated heterocycles. The highest BCUT2D eigenvalue weighted by Gasteiger charge is 2.24. The van der Waals surface area contributed by atoms with Crippen LogP contribution in [0.25, 0.3) is 11.0 Å². The van der Waals surface area contributed by atoms with Gasteiger partial charge in [0.05, 0.1) is 25.1 Å². The molecule has 0 radical (unpaired) electrons. The number of primary amides is 1. The number of nitrogens with zero attached hydrogens (tertiary/aromatic N) is 5. The van der Waals surface area contributed by atoms with E-state index < -0.39 is 11.3 Å². The van der Waals surface area contributed by atoms with Crippen molar-refractivity contribution in [1.29, 1.82) is 0 Å². The van der Waals surface area contributed by atoms with E-state index in [2.05, 4.69) is 9.99 Å². The van der Waals surface area contributed by atoms with Crippen molar-refractivity contribution in [3.8, 4) is 0 Å². The molecule has 162 valence electrons. The first kappa shape index (κ1) is 20.8. The van der Waals surface area contributed by atoms with Crippen LogP contribution in [0.1, 0.15) is 22.8 Å². The Bertz CT molecular complexity index is 1160. The highest BCUT2D eigenvalue weighted by molar-refractivity contribution is 6.00. The van der Waals surface area contributed by atoms with Crippen LogP contribution in [0.2, 0.25) is 0 Å². The largest absolute Gasteiger partial charge is 0.384 e. The van der Waals surface area contributed by atoms with Gasteiger partial charge in [0.25, 0.3) is 5.91 Å². The second-order valence-electron chi connectivity index (χ2n) is 7.21. The van der Waals surface area contributed by atoms with Gasteiger partial charge in [-0.15, -0.1) is 0 Å². The van der Waals surface area contributed by atoms with Gasteiger partial charge in [0.2, 0.25) is 11.4 Å². The molecule has 0 atom stereocenters. The van der Waals surface area contributed by atoms with Crippen molar-refractivity contribution in [2.24, 2.45) is 5.73 Å². The Morgan fingerprint density at radius 3 is 2.58 bits per heavy atom. The van der Waals surface area contributed by atoms with Crippen molar-refractivity contribution in [3.63, 3.8) is 0 Å². The maximum Gasteiger partial charge on any atom is 0.256 e. The number of aryl methyl sites for hydroxylation is 1. The number of nitrogens with two attached hydrogens (primary N) is 2. The van der Waals surface area contributed by atoms with Gasteiger partial charge in [0.15, 0.2) is 5.65 Å². The van der Waals surface area contributed by atoms with Gasteiger partial charge in [-0.05, 0) is 12.5 Å². The topological polar surface area (TPSA) is 133 Å². The van der Waals surface area contributed by atoms with E-state index in [0.29, 0.717) is 51.0 Å². The number of nitrogen functional groups attached to an aromatic ring is 1. The van der Waals surface area contributed by atoms with Crippen molar-refractivity contribution >= 4 is 28.7 Å². The minimum absolute atomic E-state index is 0.0122. The summed E-state index contributed by atoms with van der Waals surface area (Å²) in [5, 5.41) is 4.32. The molecule has 0 unspecified atom stereocenters. The molecule has 3 aromatic rings. The number of amides is 1. The minimum atomic E-state index is -0.866. The number of pyridine rings is 1. The Kier molecular flexibility index (Phi) is 5.83. The number of morpholine rings is 1. The van der Waals surface area contributed by atoms with E-state index in [1.54, 1.807) is 4.57 Å². The second-order valence-corrected chi connectivity index (χ2v) is 7.21. The summed E-state index contributed by atoms with van der Waals surface area (Å²) in [6.45, 7) is 5.42. The molecule has 3 heterocycles. The summed E-state index contributed by atoms with van der Waals surface area (Å²) < 4.78 is 7.11. The van der Waals surface area contributed by atoms with Crippen molar-refractivity contribution in [2.45, 2.75) is 20.0 Å². The quantitative estimate of drug-likeness (QED) is 0.593. The number of carbonyl (C=O) groups is 1. The number of hydrazine groups is 1. The molecule has 10 heteroatoms. The zero-order valence-electron chi connectivity index (χ0n) is 17.3. The number of anilines is 2. The van der Waals surface area contributed by atoms with Gasteiger partial charge in [0.1, 0.15) is 11.4 Å². The third-order valence-corrected chi connectivity index (χ3v) is 5.33. The number of fused-ring (bicyclic) bond motifs is 1. The molecule has 1 fully saturated rings. The van der Waals surface area contributed by atoms with Crippen LogP contribution in [-0.4, -0.2) is 51.8 Å². The summed E-state index contributed by atoms with van der Waals surface area (Å²) in [7, 11) is 0. The molecular formula is C21H25N7O3. The van der Waals surface area contributed by atoms with E-state index in [9.17, 15) is 9.59 Å². The summed E-state index contributed by atoms with van der Waals surface area (Å²) >= 11 is 0. The summed E-state index contributed by atoms with van der Waals surface area (Å²) in [5.41, 5.74) is 12.2. The molecular weight excluding hydrogens is 398 g/mol. The van der Waals surface area contributed by atoms with Crippen molar-refractivity contribution < 1.29 is 9.53 Å². The molecule has 0 saturated carbocycles. The second kappa shape index (κ2) is 8.70. The van der Waals surface area contributed by atoms with E-state index in [1.807, 2.05) is 42.3 Å². The average Bonchev–Trinajstić information content (AvgIpc) is 2.78. The van der Waals surface area contributed by atoms with Crippen LogP contribution in [0.3, 0.4) is 0 Å². The van der Waals surface area contributed by atoms with E-state index in [4.69, 9.17) is 21.2 Å². The van der Waals surface area contributed by atoms with Crippen LogP contribution in [0.5, 0.6) is 0 Å². The average molecular weight is 423 g/mol. The molecule has 1 aromatic carbocycles. The van der Waals surface area contributed by atoms with Gasteiger partial charge in [-0.25, -0.2) is 9.99 Å². The minimum Gasteiger partial charge on any atom is -0.384 e. The number of hydrogen-bond donors (Lipinski definition) is 2. The Morgan fingerprint density at radius 2 is 1.94 bits per heavy atom. The Hall–Kier alpha value is -3.50. The molecule has 1 aliphatic heterocycles. The Balaban J connectivity index is 1.86. The number of aromatic nitrogens is 3. The zero-order valence-corrected chi connectivity index (χ0v) is 17.3. The lowest BCUT2D eigenvalue weighted by Gasteiger charge is -2.37. The SMILES string of the molecule is CCn1c(N)c(C(N)=O)c(=O)c2cnc(N(Cc3ccccc3)N3CCOCC3)nc21. The molecule has 0 spiro atoms. The summed E-state index contributed by atoms with van der Waals surface area (Å²) in [5.74, 6) is -0.418. The maximum atomic E-state index is 12.8. The molecule has 4 rings (SSSR count). The van der Waals surface area contributed by atoms with Crippen LogP contribution in [0.4, 0.5) is 11.8 Å². The van der Waals surface area contributed by atoms with Gasteiger partial charge in [-0.2, -0.15) is 4.98 Å². The molecule has 4 N–H and O–H groups in total. The van der Waals surface area contributed by atoms with E-state index in [1.165, 1.54) is 6.20 Å². The van der Waals surface area contributed by atoms with Crippen LogP contribution in [-0.2, 0) is 17.8 Å². The summed E-state index contributed by atoms with van der Waals surface area (Å²) in [6, 6.07) is 10.00. The standard InChI is InChI=1S/C21H25N7O3/c1-2-27-18(22)16(19(23)30)17(29)15-12-24-21(25-20(15)27)28(26-8-10-31-11-9-26)13-14-6-4-3-5-7-14/h3-7,12H,2,8-11,13,22H2,1H3,(H2,23,30). The highest BCUT2D eigenvalue weighted by atomic mass is 16.5. The fraction of sp³-hybridized carbons (Fsp3) is 0.333. The van der Waals surface area contributed by atoms with Gasteiger partial charge in [-0.1, -0.05) is 30.3 Å². The highest BCUT2D eigenvalue weighted by Crippen LogP contribution is 2.21. The van der Waals surface area contributed by atoms with Gasteiger partial charge in [-0.3, -0.25) is 14.6 Å². The molecule has 0 bridgehead atoms. The molecule has 2 aromatic heterocycles. The van der Waals surface area contributed by atoms with Crippen LogP contribution >= 0.6 is 0 Å². The number of hydrogen-bond acceptors (Lipinski definition) is 8. The molecule has 1 amide bonds. The molecule has 31 heavy (non-hydrogen) atoms. The normalized spacial score (nSPS) is 14.6. The molecule has 1 aliphatic rings. The predicted octanol–water partition coefficient (Wildman–Crippen LogP) is 0.746. The lowest BCUT2D eigenvalue weighted by molar-refractivity contribution is 0.0298. The van der Waals surface area contributed by atoms with E-state index >= 15 is 0 Å². The predicted molar refractivity (Wildman–Crippen MR) is 117 cm³/mol. The molecule has 10 nitrogen and oxygen atoms in total. The van der Waals surface area contributed by atoms with E-state index in [-0.39, 0.29) is 16.8 Å². The molecule has 0 aliphatic carbocycles. The first-order valence-electron chi connectivity index (χ1n) is 10.1. The Morgan fingerprint density at radius 1 is 1.23 bits per heavy atom. The van der Waals surface area contributed by atoms with Gasteiger partial charge < -0.3 is 20.8 Å². The van der Waals surface area contributed by atoms with Gasteiger partial charge in [0, 0.05) is 25.8 Å². The third kappa shape index (κ3) is 3.94. The van der Waals surface area contributed by atoms with Crippen LogP contribution in [0.15, 0.2) is 41.3 Å². The van der Waals surface area contributed by atoms with E-state index in [0.717, 1.165) is 5.56 Å². The number of rotatable bonds is 6. The third-order valence-electron chi connectivity index (χ3n) is 5.33. The lowest BCUT2D eigenvalue weighted by atomic mass is 10.1. The number of carbonyl (C=O) groups excluding carboxylic acids is 1. The summed E-state index contributed by atoms with van der Waals surface area (Å²) in [6.07, 6.45) is 1.44. The monoisotopic (exact) mass is 423 g/mol. The number of benzene rings is 1. The first-order chi connectivity index (χ1) is 15.0. The van der Waals surface area contributed by atoms with Crippen molar-refractivity contribution in [3.05, 3.63) is 57.9 Å². The zero-order chi connectivity index (χ0) is 22.0. The Labute approximate surface area is 179 Å². The van der Waals surface area contributed by atoms with Gasteiger partial charge >= 0.3 is 0 Å².